The van der Waals surface area contributed by atoms with Gasteiger partial charge in [-0.25, -0.2) is 19.0 Å². The number of ether oxygens (including phenoxy) is 1. The van der Waals surface area contributed by atoms with Gasteiger partial charge in [0.2, 0.25) is 5.95 Å². The molecule has 31 heavy (non-hydrogen) atoms. The largest absolute Gasteiger partial charge is 0.424 e. The summed E-state index contributed by atoms with van der Waals surface area (Å²) in [6, 6.07) is 5.59. The Bertz CT molecular complexity index is 1190. The molecule has 1 aromatic carbocycles. The molecule has 3 heterocycles. The number of nitrogens with one attached hydrogen (secondary N) is 1. The van der Waals surface area contributed by atoms with Gasteiger partial charge in [-0.3, -0.25) is 0 Å². The van der Waals surface area contributed by atoms with E-state index in [9.17, 15) is 4.39 Å². The molecule has 2 aliphatic rings. The zero-order chi connectivity index (χ0) is 24.0. The summed E-state index contributed by atoms with van der Waals surface area (Å²) in [5, 5.41) is 7.37. The smallest absolute Gasteiger partial charge is 0.321 e. The predicted octanol–water partition coefficient (Wildman–Crippen LogP) is 3.83. The maximum Gasteiger partial charge on any atom is 0.321 e. The number of anilines is 2. The van der Waals surface area contributed by atoms with Crippen LogP contribution in [0.4, 0.5) is 16.2 Å². The molecule has 10 heteroatoms. The molecule has 3 atom stereocenters. The normalized spacial score (nSPS) is 24.4. The number of hydrogen-bond donors (Lipinski definition) is 1. The second-order valence-electron chi connectivity index (χ2n) is 8.00. The van der Waals surface area contributed by atoms with Crippen molar-refractivity contribution < 1.29 is 13.2 Å². The van der Waals surface area contributed by atoms with E-state index >= 15 is 0 Å². The number of hydrogen-bond acceptors (Lipinski definition) is 7. The average Bonchev–Trinajstić information content (AvgIpc) is 3.27. The number of aryl methyl sites for hydroxylation is 2. The van der Waals surface area contributed by atoms with Gasteiger partial charge in [0.25, 0.3) is 0 Å². The van der Waals surface area contributed by atoms with E-state index in [4.69, 9.17) is 20.5 Å². The number of piperidine rings is 1. The van der Waals surface area contributed by atoms with Crippen LogP contribution in [0.2, 0.25) is 5.02 Å². The van der Waals surface area contributed by atoms with Gasteiger partial charge in [-0.15, -0.1) is 5.10 Å². The Morgan fingerprint density at radius 3 is 2.74 bits per heavy atom. The van der Waals surface area contributed by atoms with E-state index in [0.717, 1.165) is 48.2 Å². The summed E-state index contributed by atoms with van der Waals surface area (Å²) in [4.78, 5) is 15.2. The topological polar surface area (TPSA) is 81.0 Å². The van der Waals surface area contributed by atoms with Gasteiger partial charge in [0.05, 0.1) is 5.02 Å². The molecule has 0 unspecified atom stereocenters. The highest BCUT2D eigenvalue weighted by atomic mass is 35.5. The summed E-state index contributed by atoms with van der Waals surface area (Å²) < 4.78 is 43.2. The minimum Gasteiger partial charge on any atom is -0.424 e. The Balaban J connectivity index is 1.35. The Morgan fingerprint density at radius 1 is 1.23 bits per heavy atom. The average molecular weight is 447 g/mol. The standard InChI is InChI=1S/C21H23ClFN7O/c1-12-7-18(25-11-24-12)30-9-13-3-4-14(10-30)19(13)26-20-27-21(29(2)28-20)31-15-5-6-17(23)16(22)8-15/h5-8,11,13-14,19H,3-4,9-10H2,1-2H3,(H,26,28)/t13-,14+,19-/i2D3. The van der Waals surface area contributed by atoms with Crippen molar-refractivity contribution in [2.24, 2.45) is 18.8 Å². The van der Waals surface area contributed by atoms with E-state index in [1.54, 1.807) is 6.33 Å². The fraction of sp³-hybridized carbons (Fsp3) is 0.429. The Labute approximate surface area is 188 Å². The molecular weight excluding hydrogens is 421 g/mol. The summed E-state index contributed by atoms with van der Waals surface area (Å²) in [6.45, 7) is 0.976. The van der Waals surface area contributed by atoms with E-state index in [0.29, 0.717) is 11.8 Å². The van der Waals surface area contributed by atoms with Crippen LogP contribution in [0.1, 0.15) is 22.6 Å². The maximum atomic E-state index is 13.5. The van der Waals surface area contributed by atoms with Crippen LogP contribution in [0.5, 0.6) is 11.8 Å². The SMILES string of the molecule is [2H]C([2H])([2H])n1nc(N[C@@H]2[C@@H]3CC[C@H]2CN(c2cc(C)ncn2)C3)nc1Oc1ccc(F)c(Cl)c1. The molecule has 2 aromatic heterocycles. The first-order chi connectivity index (χ1) is 16.2. The van der Waals surface area contributed by atoms with Gasteiger partial charge in [-0.1, -0.05) is 11.6 Å². The quantitative estimate of drug-likeness (QED) is 0.637. The highest BCUT2D eigenvalue weighted by molar-refractivity contribution is 6.30. The maximum absolute atomic E-state index is 13.5. The van der Waals surface area contributed by atoms with E-state index in [1.165, 1.54) is 12.1 Å². The molecule has 1 aliphatic carbocycles. The first kappa shape index (κ1) is 16.7. The molecule has 1 N–H and O–H groups in total. The lowest BCUT2D eigenvalue weighted by atomic mass is 9.92. The summed E-state index contributed by atoms with van der Waals surface area (Å²) in [7, 11) is 0. The molecule has 1 saturated heterocycles. The highest BCUT2D eigenvalue weighted by Crippen LogP contribution is 2.39. The number of benzene rings is 1. The fourth-order valence-electron chi connectivity index (χ4n) is 4.48. The number of fused-ring (bicyclic) bond motifs is 2. The van der Waals surface area contributed by atoms with Crippen LogP contribution in [0.3, 0.4) is 0 Å². The number of nitrogens with zero attached hydrogens (tertiary/aromatic N) is 6. The molecule has 1 saturated carbocycles. The molecule has 2 fully saturated rings. The van der Waals surface area contributed by atoms with Crippen molar-refractivity contribution in [2.75, 3.05) is 23.3 Å². The van der Waals surface area contributed by atoms with Gasteiger partial charge in [-0.2, -0.15) is 4.98 Å². The number of rotatable bonds is 5. The van der Waals surface area contributed by atoms with Gasteiger partial charge in [0.1, 0.15) is 23.7 Å². The Kier molecular flexibility index (Phi) is 4.29. The third-order valence-corrected chi connectivity index (χ3v) is 6.21. The summed E-state index contributed by atoms with van der Waals surface area (Å²) in [5.41, 5.74) is 0.923. The number of halogens is 2. The van der Waals surface area contributed by atoms with E-state index < -0.39 is 12.8 Å². The molecule has 162 valence electrons. The van der Waals surface area contributed by atoms with Crippen LogP contribution >= 0.6 is 11.6 Å². The molecule has 0 radical (unpaired) electrons. The van der Waals surface area contributed by atoms with Crippen molar-refractivity contribution in [1.82, 2.24) is 24.7 Å². The summed E-state index contributed by atoms with van der Waals surface area (Å²) in [6.07, 6.45) is 3.67. The fourth-order valence-corrected chi connectivity index (χ4v) is 4.65. The van der Waals surface area contributed by atoms with Crippen molar-refractivity contribution in [2.45, 2.75) is 25.8 Å². The van der Waals surface area contributed by atoms with Gasteiger partial charge in [0, 0.05) is 48.0 Å². The van der Waals surface area contributed by atoms with Crippen LogP contribution in [0.15, 0.2) is 30.6 Å². The van der Waals surface area contributed by atoms with Crippen molar-refractivity contribution in [1.29, 1.82) is 0 Å². The predicted molar refractivity (Wildman–Crippen MR) is 115 cm³/mol. The molecule has 3 aromatic rings. The summed E-state index contributed by atoms with van der Waals surface area (Å²) >= 11 is 5.81. The highest BCUT2D eigenvalue weighted by Gasteiger charge is 2.43. The molecule has 2 bridgehead atoms. The summed E-state index contributed by atoms with van der Waals surface area (Å²) in [5.74, 6) is 1.30. The van der Waals surface area contributed by atoms with Crippen LogP contribution in [-0.2, 0) is 6.98 Å². The molecule has 5 rings (SSSR count). The van der Waals surface area contributed by atoms with Crippen LogP contribution in [0, 0.1) is 24.6 Å². The second-order valence-corrected chi connectivity index (χ2v) is 8.41. The monoisotopic (exact) mass is 446 g/mol. The lowest BCUT2D eigenvalue weighted by molar-refractivity contribution is 0.374. The van der Waals surface area contributed by atoms with E-state index in [-0.39, 0.29) is 28.8 Å². The molecule has 0 amide bonds. The molecule has 1 aliphatic heterocycles. The second kappa shape index (κ2) is 7.96. The third kappa shape index (κ3) is 4.01. The van der Waals surface area contributed by atoms with Crippen molar-refractivity contribution in [3.05, 3.63) is 47.1 Å². The zero-order valence-electron chi connectivity index (χ0n) is 19.8. The van der Waals surface area contributed by atoms with Crippen molar-refractivity contribution in [3.8, 4) is 11.8 Å². The lowest BCUT2D eigenvalue weighted by Gasteiger charge is -2.38. The third-order valence-electron chi connectivity index (χ3n) is 5.92. The van der Waals surface area contributed by atoms with Gasteiger partial charge in [0.15, 0.2) is 0 Å². The van der Waals surface area contributed by atoms with Crippen molar-refractivity contribution in [3.63, 3.8) is 0 Å². The van der Waals surface area contributed by atoms with E-state index in [2.05, 4.69) is 30.3 Å². The molecule has 0 spiro atoms. The van der Waals surface area contributed by atoms with Gasteiger partial charge < -0.3 is 15.0 Å². The first-order valence-corrected chi connectivity index (χ1v) is 10.5. The van der Waals surface area contributed by atoms with Crippen LogP contribution in [-0.4, -0.2) is 43.9 Å². The number of aromatic nitrogens is 5. The molecule has 8 nitrogen and oxygen atoms in total. The zero-order valence-corrected chi connectivity index (χ0v) is 17.6. The van der Waals surface area contributed by atoms with E-state index in [1.807, 2.05) is 13.0 Å². The Morgan fingerprint density at radius 2 is 2.03 bits per heavy atom. The first-order valence-electron chi connectivity index (χ1n) is 11.6. The minimum absolute atomic E-state index is 0.0970. The van der Waals surface area contributed by atoms with Gasteiger partial charge in [-0.05, 0) is 43.7 Å². The molecular formula is C21H23ClFN7O. The van der Waals surface area contributed by atoms with Crippen LogP contribution in [0.25, 0.3) is 0 Å². The minimum atomic E-state index is -2.61. The van der Waals surface area contributed by atoms with Crippen molar-refractivity contribution >= 4 is 23.4 Å². The van der Waals surface area contributed by atoms with Gasteiger partial charge >= 0.3 is 6.01 Å². The lowest BCUT2D eigenvalue weighted by Crippen LogP contribution is -2.48. The Hall–Kier alpha value is -2.94. The van der Waals surface area contributed by atoms with Crippen LogP contribution < -0.4 is 15.0 Å².